The van der Waals surface area contributed by atoms with Crippen molar-refractivity contribution in [1.29, 1.82) is 0 Å². The van der Waals surface area contributed by atoms with Crippen molar-refractivity contribution in [3.8, 4) is 0 Å². The molecule has 0 amide bonds. The molecule has 2 heteroatoms. The van der Waals surface area contributed by atoms with Crippen molar-refractivity contribution in [3.05, 3.63) is 70.7 Å². The molecular formula is C17H20ClN. The molecule has 0 radical (unpaired) electrons. The second kappa shape index (κ2) is 6.74. The molecule has 0 aliphatic rings. The summed E-state index contributed by atoms with van der Waals surface area (Å²) in [6.45, 7) is 4.40. The summed E-state index contributed by atoms with van der Waals surface area (Å²) >= 11 is 5.94. The highest BCUT2D eigenvalue weighted by molar-refractivity contribution is 6.30. The van der Waals surface area contributed by atoms with Crippen LogP contribution in [0, 0.1) is 0 Å². The summed E-state index contributed by atoms with van der Waals surface area (Å²) in [6, 6.07) is 19.3. The molecule has 19 heavy (non-hydrogen) atoms. The Morgan fingerprint density at radius 2 is 1.58 bits per heavy atom. The molecule has 0 aromatic heterocycles. The Morgan fingerprint density at radius 3 is 2.16 bits per heavy atom. The molecule has 2 atom stereocenters. The van der Waals surface area contributed by atoms with Crippen molar-refractivity contribution in [2.24, 2.45) is 0 Å². The lowest BCUT2D eigenvalue weighted by Gasteiger charge is -2.23. The van der Waals surface area contributed by atoms with Gasteiger partial charge in [0, 0.05) is 17.1 Å². The first-order chi connectivity index (χ1) is 9.20. The summed E-state index contributed by atoms with van der Waals surface area (Å²) in [7, 11) is 0. The molecular weight excluding hydrogens is 254 g/mol. The zero-order chi connectivity index (χ0) is 13.7. The molecule has 0 bridgehead atoms. The van der Waals surface area contributed by atoms with Gasteiger partial charge in [0.25, 0.3) is 0 Å². The number of halogens is 1. The Labute approximate surface area is 120 Å². The molecule has 0 saturated carbocycles. The maximum Gasteiger partial charge on any atom is 0.0406 e. The van der Waals surface area contributed by atoms with Gasteiger partial charge in [0.05, 0.1) is 0 Å². The third-order valence-corrected chi connectivity index (χ3v) is 3.68. The minimum absolute atomic E-state index is 0.335. The topological polar surface area (TPSA) is 12.0 Å². The predicted molar refractivity (Wildman–Crippen MR) is 82.5 cm³/mol. The van der Waals surface area contributed by atoms with Gasteiger partial charge in [-0.1, -0.05) is 61.0 Å². The van der Waals surface area contributed by atoms with Gasteiger partial charge >= 0.3 is 0 Å². The standard InChI is InChI=1S/C17H20ClN/c1-3-17(15-9-11-16(18)12-10-15)19-13(2)14-7-5-4-6-8-14/h4-13,17,19H,3H2,1-2H3/t13-,17?/m1/s1. The van der Waals surface area contributed by atoms with E-state index in [4.69, 9.17) is 11.6 Å². The van der Waals surface area contributed by atoms with Crippen LogP contribution in [0.25, 0.3) is 0 Å². The lowest BCUT2D eigenvalue weighted by Crippen LogP contribution is -2.24. The molecule has 0 spiro atoms. The van der Waals surface area contributed by atoms with Gasteiger partial charge in [-0.15, -0.1) is 0 Å². The van der Waals surface area contributed by atoms with E-state index in [0.29, 0.717) is 12.1 Å². The van der Waals surface area contributed by atoms with Crippen LogP contribution in [0.15, 0.2) is 54.6 Å². The highest BCUT2D eigenvalue weighted by Crippen LogP contribution is 2.23. The van der Waals surface area contributed by atoms with Crippen molar-refractivity contribution >= 4 is 11.6 Å². The predicted octanol–water partition coefficient (Wildman–Crippen LogP) is 5.14. The molecule has 1 nitrogen and oxygen atoms in total. The zero-order valence-electron chi connectivity index (χ0n) is 11.4. The van der Waals surface area contributed by atoms with Crippen LogP contribution in [0.2, 0.25) is 5.02 Å². The number of benzene rings is 2. The second-order valence-corrected chi connectivity index (χ2v) is 5.25. The van der Waals surface area contributed by atoms with Crippen LogP contribution in [0.1, 0.15) is 43.5 Å². The summed E-state index contributed by atoms with van der Waals surface area (Å²) in [5, 5.41) is 4.46. The molecule has 2 rings (SSSR count). The van der Waals surface area contributed by atoms with Crippen molar-refractivity contribution in [1.82, 2.24) is 5.32 Å². The zero-order valence-corrected chi connectivity index (χ0v) is 12.2. The van der Waals surface area contributed by atoms with Crippen LogP contribution < -0.4 is 5.32 Å². The van der Waals surface area contributed by atoms with Gasteiger partial charge in [-0.25, -0.2) is 0 Å². The third-order valence-electron chi connectivity index (χ3n) is 3.43. The minimum atomic E-state index is 0.335. The Morgan fingerprint density at radius 1 is 0.947 bits per heavy atom. The average Bonchev–Trinajstić information content (AvgIpc) is 2.46. The maximum atomic E-state index is 5.94. The quantitative estimate of drug-likeness (QED) is 0.795. The highest BCUT2D eigenvalue weighted by atomic mass is 35.5. The monoisotopic (exact) mass is 273 g/mol. The molecule has 1 N–H and O–H groups in total. The first-order valence-corrected chi connectivity index (χ1v) is 7.15. The van der Waals surface area contributed by atoms with Gasteiger partial charge in [0.15, 0.2) is 0 Å². The fourth-order valence-corrected chi connectivity index (χ4v) is 2.41. The van der Waals surface area contributed by atoms with E-state index in [1.54, 1.807) is 0 Å². The van der Waals surface area contributed by atoms with Crippen LogP contribution in [0.4, 0.5) is 0 Å². The molecule has 100 valence electrons. The third kappa shape index (κ3) is 3.82. The summed E-state index contributed by atoms with van der Waals surface area (Å²) in [6.07, 6.45) is 1.05. The number of rotatable bonds is 5. The molecule has 2 aromatic rings. The normalized spacial score (nSPS) is 14.1. The van der Waals surface area contributed by atoms with E-state index in [2.05, 4.69) is 55.6 Å². The van der Waals surface area contributed by atoms with Crippen molar-refractivity contribution in [2.75, 3.05) is 0 Å². The van der Waals surface area contributed by atoms with E-state index in [0.717, 1.165) is 11.4 Å². The minimum Gasteiger partial charge on any atom is -0.303 e. The van der Waals surface area contributed by atoms with Crippen LogP contribution >= 0.6 is 11.6 Å². The maximum absolute atomic E-state index is 5.94. The molecule has 0 heterocycles. The molecule has 0 aliphatic heterocycles. The number of nitrogens with one attached hydrogen (secondary N) is 1. The summed E-state index contributed by atoms with van der Waals surface area (Å²) in [5.74, 6) is 0. The van der Waals surface area contributed by atoms with Crippen molar-refractivity contribution < 1.29 is 0 Å². The van der Waals surface area contributed by atoms with Gasteiger partial charge in [0.1, 0.15) is 0 Å². The van der Waals surface area contributed by atoms with Gasteiger partial charge in [-0.2, -0.15) is 0 Å². The molecule has 0 fully saturated rings. The largest absolute Gasteiger partial charge is 0.303 e. The van der Waals surface area contributed by atoms with Crippen molar-refractivity contribution in [2.45, 2.75) is 32.4 Å². The second-order valence-electron chi connectivity index (χ2n) is 4.81. The fraction of sp³-hybridized carbons (Fsp3) is 0.294. The summed E-state index contributed by atoms with van der Waals surface area (Å²) < 4.78 is 0. The number of hydrogen-bond acceptors (Lipinski definition) is 1. The Balaban J connectivity index is 2.09. The van der Waals surface area contributed by atoms with Crippen molar-refractivity contribution in [3.63, 3.8) is 0 Å². The summed E-state index contributed by atoms with van der Waals surface area (Å²) in [4.78, 5) is 0. The van der Waals surface area contributed by atoms with Crippen LogP contribution in [-0.2, 0) is 0 Å². The number of hydrogen-bond donors (Lipinski definition) is 1. The smallest absolute Gasteiger partial charge is 0.0406 e. The van der Waals surface area contributed by atoms with Crippen LogP contribution in [0.3, 0.4) is 0 Å². The first-order valence-electron chi connectivity index (χ1n) is 6.77. The average molecular weight is 274 g/mol. The van der Waals surface area contributed by atoms with Gasteiger partial charge in [0.2, 0.25) is 0 Å². The van der Waals surface area contributed by atoms with E-state index in [-0.39, 0.29) is 0 Å². The van der Waals surface area contributed by atoms with Gasteiger partial charge in [-0.05, 0) is 36.6 Å². The van der Waals surface area contributed by atoms with Crippen LogP contribution in [-0.4, -0.2) is 0 Å². The summed E-state index contributed by atoms with van der Waals surface area (Å²) in [5.41, 5.74) is 2.60. The fourth-order valence-electron chi connectivity index (χ4n) is 2.28. The molecule has 0 aliphatic carbocycles. The van der Waals surface area contributed by atoms with Gasteiger partial charge in [-0.3, -0.25) is 0 Å². The molecule has 0 saturated heterocycles. The Kier molecular flexibility index (Phi) is 5.00. The first kappa shape index (κ1) is 14.1. The highest BCUT2D eigenvalue weighted by Gasteiger charge is 2.13. The van der Waals surface area contributed by atoms with Gasteiger partial charge < -0.3 is 5.32 Å². The van der Waals surface area contributed by atoms with Crippen LogP contribution in [0.5, 0.6) is 0 Å². The molecule has 1 unspecified atom stereocenters. The van der Waals surface area contributed by atoms with E-state index >= 15 is 0 Å². The lowest BCUT2D eigenvalue weighted by atomic mass is 10.0. The van der Waals surface area contributed by atoms with E-state index in [9.17, 15) is 0 Å². The van der Waals surface area contributed by atoms with E-state index in [1.807, 2.05) is 18.2 Å². The lowest BCUT2D eigenvalue weighted by molar-refractivity contribution is 0.456. The molecule has 2 aromatic carbocycles. The Hall–Kier alpha value is -1.31. The van der Waals surface area contributed by atoms with E-state index < -0.39 is 0 Å². The Bertz CT molecular complexity index is 492. The van der Waals surface area contributed by atoms with E-state index in [1.165, 1.54) is 11.1 Å². The SMILES string of the molecule is CCC(N[C@H](C)c1ccccc1)c1ccc(Cl)cc1.